The molecule has 0 fully saturated rings. The monoisotopic (exact) mass is 212 g/mol. The van der Waals surface area contributed by atoms with E-state index in [1.54, 1.807) is 18.2 Å². The van der Waals surface area contributed by atoms with Crippen molar-refractivity contribution in [3.05, 3.63) is 23.4 Å². The van der Waals surface area contributed by atoms with Crippen LogP contribution in [0.3, 0.4) is 0 Å². The SMILES string of the molecule is CC(=O)CC(=O)Nc1cccc(Cl)n1. The van der Waals surface area contributed by atoms with Crippen LogP contribution in [-0.2, 0) is 9.59 Å². The number of ketones is 1. The van der Waals surface area contributed by atoms with Crippen molar-refractivity contribution in [2.45, 2.75) is 13.3 Å². The number of nitrogens with zero attached hydrogens (tertiary/aromatic N) is 1. The van der Waals surface area contributed by atoms with Crippen LogP contribution in [0.15, 0.2) is 18.2 Å². The molecular weight excluding hydrogens is 204 g/mol. The highest BCUT2D eigenvalue weighted by molar-refractivity contribution is 6.29. The van der Waals surface area contributed by atoms with Gasteiger partial charge >= 0.3 is 0 Å². The van der Waals surface area contributed by atoms with Gasteiger partial charge in [-0.2, -0.15) is 0 Å². The molecule has 0 saturated carbocycles. The maximum Gasteiger partial charge on any atom is 0.232 e. The molecule has 14 heavy (non-hydrogen) atoms. The molecule has 74 valence electrons. The van der Waals surface area contributed by atoms with Crippen LogP contribution in [0.2, 0.25) is 5.15 Å². The molecule has 1 heterocycles. The third-order valence-electron chi connectivity index (χ3n) is 1.39. The minimum Gasteiger partial charge on any atom is -0.310 e. The van der Waals surface area contributed by atoms with Crippen molar-refractivity contribution in [1.82, 2.24) is 4.98 Å². The van der Waals surface area contributed by atoms with Crippen molar-refractivity contribution < 1.29 is 9.59 Å². The number of halogens is 1. The predicted octanol–water partition coefficient (Wildman–Crippen LogP) is 1.65. The van der Waals surface area contributed by atoms with Gasteiger partial charge in [-0.05, 0) is 19.1 Å². The lowest BCUT2D eigenvalue weighted by atomic mass is 10.3. The summed E-state index contributed by atoms with van der Waals surface area (Å²) in [6, 6.07) is 4.87. The van der Waals surface area contributed by atoms with Crippen LogP contribution < -0.4 is 5.32 Å². The Morgan fingerprint density at radius 2 is 2.21 bits per heavy atom. The Labute approximate surface area is 86.3 Å². The Hall–Kier alpha value is -1.42. The second kappa shape index (κ2) is 4.72. The van der Waals surface area contributed by atoms with Gasteiger partial charge in [0.2, 0.25) is 5.91 Å². The number of rotatable bonds is 3. The highest BCUT2D eigenvalue weighted by Gasteiger charge is 2.05. The first-order valence-corrected chi connectivity index (χ1v) is 4.37. The molecule has 1 aromatic rings. The van der Waals surface area contributed by atoms with Crippen molar-refractivity contribution in [2.75, 3.05) is 5.32 Å². The van der Waals surface area contributed by atoms with Gasteiger partial charge in [0.15, 0.2) is 0 Å². The van der Waals surface area contributed by atoms with E-state index in [0.717, 1.165) is 0 Å². The minimum atomic E-state index is -0.382. The van der Waals surface area contributed by atoms with E-state index >= 15 is 0 Å². The van der Waals surface area contributed by atoms with Crippen molar-refractivity contribution in [2.24, 2.45) is 0 Å². The van der Waals surface area contributed by atoms with Crippen LogP contribution in [0.1, 0.15) is 13.3 Å². The number of Topliss-reactive ketones (excluding diaryl/α,β-unsaturated/α-hetero) is 1. The van der Waals surface area contributed by atoms with Gasteiger partial charge in [0.05, 0.1) is 6.42 Å². The number of anilines is 1. The van der Waals surface area contributed by atoms with Gasteiger partial charge in [0, 0.05) is 0 Å². The summed E-state index contributed by atoms with van der Waals surface area (Å²) in [5, 5.41) is 2.76. The molecule has 1 N–H and O–H groups in total. The number of hydrogen-bond donors (Lipinski definition) is 1. The molecule has 0 aromatic carbocycles. The van der Waals surface area contributed by atoms with Gasteiger partial charge in [0.1, 0.15) is 16.8 Å². The number of nitrogens with one attached hydrogen (secondary N) is 1. The molecule has 4 nitrogen and oxygen atoms in total. The highest BCUT2D eigenvalue weighted by atomic mass is 35.5. The van der Waals surface area contributed by atoms with Crippen molar-refractivity contribution in [1.29, 1.82) is 0 Å². The lowest BCUT2D eigenvalue weighted by molar-refractivity contribution is -0.124. The van der Waals surface area contributed by atoms with Crippen LogP contribution >= 0.6 is 11.6 Å². The van der Waals surface area contributed by atoms with Gasteiger partial charge < -0.3 is 5.32 Å². The zero-order valence-corrected chi connectivity index (χ0v) is 8.34. The Bertz CT molecular complexity index is 366. The Morgan fingerprint density at radius 3 is 2.79 bits per heavy atom. The Morgan fingerprint density at radius 1 is 1.50 bits per heavy atom. The second-order valence-electron chi connectivity index (χ2n) is 2.77. The average molecular weight is 213 g/mol. The predicted molar refractivity (Wildman–Crippen MR) is 53.2 cm³/mol. The standard InChI is InChI=1S/C9H9ClN2O2/c1-6(13)5-9(14)12-8-4-2-3-7(10)11-8/h2-4H,5H2,1H3,(H,11,12,14). The molecule has 0 aliphatic carbocycles. The molecule has 1 amide bonds. The van der Waals surface area contributed by atoms with Crippen LogP contribution in [0.4, 0.5) is 5.82 Å². The summed E-state index contributed by atoms with van der Waals surface area (Å²) in [4.78, 5) is 25.6. The largest absolute Gasteiger partial charge is 0.310 e. The molecule has 1 rings (SSSR count). The third-order valence-corrected chi connectivity index (χ3v) is 1.60. The molecule has 0 aliphatic rings. The summed E-state index contributed by atoms with van der Waals surface area (Å²) in [6.45, 7) is 1.35. The minimum absolute atomic E-state index is 0.145. The van der Waals surface area contributed by atoms with E-state index < -0.39 is 0 Å². The Balaban J connectivity index is 2.60. The van der Waals surface area contributed by atoms with Crippen LogP contribution in [0.25, 0.3) is 0 Å². The fraction of sp³-hybridized carbons (Fsp3) is 0.222. The normalized spacial score (nSPS) is 9.57. The van der Waals surface area contributed by atoms with E-state index in [1.807, 2.05) is 0 Å². The zero-order valence-electron chi connectivity index (χ0n) is 7.58. The lowest BCUT2D eigenvalue weighted by Crippen LogP contribution is -2.15. The van der Waals surface area contributed by atoms with E-state index in [0.29, 0.717) is 11.0 Å². The fourth-order valence-corrected chi connectivity index (χ4v) is 1.05. The summed E-state index contributed by atoms with van der Waals surface area (Å²) < 4.78 is 0. The molecule has 1 aromatic heterocycles. The van der Waals surface area contributed by atoms with E-state index in [9.17, 15) is 9.59 Å². The van der Waals surface area contributed by atoms with E-state index in [2.05, 4.69) is 10.3 Å². The van der Waals surface area contributed by atoms with Crippen molar-refractivity contribution >= 4 is 29.1 Å². The first-order valence-electron chi connectivity index (χ1n) is 4.00. The molecule has 0 spiro atoms. The molecule has 0 radical (unpaired) electrons. The zero-order chi connectivity index (χ0) is 10.6. The quantitative estimate of drug-likeness (QED) is 0.612. The number of carbonyl (C=O) groups is 2. The molecule has 0 saturated heterocycles. The van der Waals surface area contributed by atoms with Crippen molar-refractivity contribution in [3.63, 3.8) is 0 Å². The van der Waals surface area contributed by atoms with E-state index in [1.165, 1.54) is 6.92 Å². The topological polar surface area (TPSA) is 59.1 Å². The first kappa shape index (κ1) is 10.7. The summed E-state index contributed by atoms with van der Waals surface area (Å²) in [6.07, 6.45) is -0.145. The van der Waals surface area contributed by atoms with Crippen molar-refractivity contribution in [3.8, 4) is 0 Å². The summed E-state index contributed by atoms with van der Waals surface area (Å²) in [7, 11) is 0. The third kappa shape index (κ3) is 3.53. The number of pyridine rings is 1. The molecule has 5 heteroatoms. The number of hydrogen-bond acceptors (Lipinski definition) is 3. The second-order valence-corrected chi connectivity index (χ2v) is 3.16. The first-order chi connectivity index (χ1) is 6.58. The van der Waals surface area contributed by atoms with Crippen LogP contribution in [0, 0.1) is 0 Å². The number of carbonyl (C=O) groups excluding carboxylic acids is 2. The molecule has 0 atom stereocenters. The Kier molecular flexibility index (Phi) is 3.59. The highest BCUT2D eigenvalue weighted by Crippen LogP contribution is 2.09. The maximum atomic E-state index is 11.1. The van der Waals surface area contributed by atoms with E-state index in [4.69, 9.17) is 11.6 Å². The summed E-state index contributed by atoms with van der Waals surface area (Å²) >= 11 is 5.60. The number of aromatic nitrogens is 1. The fourth-order valence-electron chi connectivity index (χ4n) is 0.891. The van der Waals surface area contributed by atoms with E-state index in [-0.39, 0.29) is 18.1 Å². The van der Waals surface area contributed by atoms with Gasteiger partial charge in [-0.25, -0.2) is 4.98 Å². The van der Waals surface area contributed by atoms with Gasteiger partial charge in [-0.15, -0.1) is 0 Å². The lowest BCUT2D eigenvalue weighted by Gasteiger charge is -2.02. The smallest absolute Gasteiger partial charge is 0.232 e. The van der Waals surface area contributed by atoms with Gasteiger partial charge in [-0.3, -0.25) is 9.59 Å². The van der Waals surface area contributed by atoms with Gasteiger partial charge in [0.25, 0.3) is 0 Å². The number of amides is 1. The molecule has 0 bridgehead atoms. The van der Waals surface area contributed by atoms with Crippen LogP contribution in [-0.4, -0.2) is 16.7 Å². The van der Waals surface area contributed by atoms with Crippen LogP contribution in [0.5, 0.6) is 0 Å². The molecule has 0 aliphatic heterocycles. The molecular formula is C9H9ClN2O2. The average Bonchev–Trinajstić information content (AvgIpc) is 2.01. The van der Waals surface area contributed by atoms with Gasteiger partial charge in [-0.1, -0.05) is 17.7 Å². The summed E-state index contributed by atoms with van der Waals surface area (Å²) in [5.41, 5.74) is 0. The maximum absolute atomic E-state index is 11.1. The summed E-state index contributed by atoms with van der Waals surface area (Å²) in [5.74, 6) is -0.222. The molecule has 0 unspecified atom stereocenters.